The molecule has 1 aliphatic heterocycles. The highest BCUT2D eigenvalue weighted by molar-refractivity contribution is 5.49. The van der Waals surface area contributed by atoms with E-state index in [-0.39, 0.29) is 6.10 Å². The molecule has 1 atom stereocenters. The average molecular weight is 323 g/mol. The third kappa shape index (κ3) is 4.91. The third-order valence-corrected chi connectivity index (χ3v) is 4.40. The molecule has 4 nitrogen and oxygen atoms in total. The van der Waals surface area contributed by atoms with Crippen LogP contribution in [0.1, 0.15) is 12.0 Å². The number of piperazine rings is 1. The van der Waals surface area contributed by atoms with Crippen LogP contribution in [0.2, 0.25) is 0 Å². The molecule has 1 aromatic carbocycles. The molecule has 1 fully saturated rings. The van der Waals surface area contributed by atoms with Crippen LogP contribution in [-0.4, -0.2) is 53.8 Å². The Bertz CT molecular complexity index is 622. The van der Waals surface area contributed by atoms with Crippen molar-refractivity contribution < 1.29 is 5.11 Å². The van der Waals surface area contributed by atoms with E-state index in [9.17, 15) is 5.11 Å². The monoisotopic (exact) mass is 323 g/mol. The molecule has 1 unspecified atom stereocenters. The summed E-state index contributed by atoms with van der Waals surface area (Å²) in [4.78, 5) is 9.15. The fourth-order valence-corrected chi connectivity index (χ4v) is 2.94. The van der Waals surface area contributed by atoms with Gasteiger partial charge in [0, 0.05) is 38.9 Å². The Morgan fingerprint density at radius 3 is 2.46 bits per heavy atom. The van der Waals surface area contributed by atoms with Crippen molar-refractivity contribution in [3.8, 4) is 0 Å². The molecule has 0 saturated carbocycles. The minimum absolute atomic E-state index is 0.390. The molecule has 0 aliphatic carbocycles. The first-order valence-electron chi connectivity index (χ1n) is 8.61. The predicted molar refractivity (Wildman–Crippen MR) is 99.0 cm³/mol. The van der Waals surface area contributed by atoms with Gasteiger partial charge in [-0.2, -0.15) is 0 Å². The van der Waals surface area contributed by atoms with Gasteiger partial charge < -0.3 is 10.0 Å². The van der Waals surface area contributed by atoms with E-state index in [0.29, 0.717) is 0 Å². The summed E-state index contributed by atoms with van der Waals surface area (Å²) in [6, 6.07) is 16.1. The van der Waals surface area contributed by atoms with Crippen molar-refractivity contribution in [3.63, 3.8) is 0 Å². The van der Waals surface area contributed by atoms with Gasteiger partial charge in [0.2, 0.25) is 0 Å². The second-order valence-electron chi connectivity index (χ2n) is 6.14. The van der Waals surface area contributed by atoms with E-state index < -0.39 is 0 Å². The minimum Gasteiger partial charge on any atom is -0.389 e. The van der Waals surface area contributed by atoms with Crippen LogP contribution in [0.4, 0.5) is 5.82 Å². The van der Waals surface area contributed by atoms with Gasteiger partial charge in [-0.05, 0) is 24.1 Å². The van der Waals surface area contributed by atoms with Crippen molar-refractivity contribution >= 4 is 11.9 Å². The number of anilines is 1. The van der Waals surface area contributed by atoms with Crippen LogP contribution in [0.5, 0.6) is 0 Å². The van der Waals surface area contributed by atoms with Crippen LogP contribution >= 0.6 is 0 Å². The molecule has 1 aromatic heterocycles. The van der Waals surface area contributed by atoms with Gasteiger partial charge in [-0.15, -0.1) is 0 Å². The summed E-state index contributed by atoms with van der Waals surface area (Å²) in [5.74, 6) is 1.06. The Balaban J connectivity index is 1.39. The minimum atomic E-state index is -0.390. The molecule has 1 saturated heterocycles. The Kier molecular flexibility index (Phi) is 5.99. The molecule has 4 heteroatoms. The molecule has 2 heterocycles. The van der Waals surface area contributed by atoms with Crippen LogP contribution in [0, 0.1) is 0 Å². The van der Waals surface area contributed by atoms with Gasteiger partial charge in [0.15, 0.2) is 0 Å². The van der Waals surface area contributed by atoms with Crippen molar-refractivity contribution in [2.75, 3.05) is 37.6 Å². The number of aliphatic hydroxyl groups is 1. The Labute approximate surface area is 144 Å². The van der Waals surface area contributed by atoms with Crippen molar-refractivity contribution in [2.24, 2.45) is 0 Å². The fourth-order valence-electron chi connectivity index (χ4n) is 2.94. The summed E-state index contributed by atoms with van der Waals surface area (Å²) in [5, 5.41) is 10.1. The number of aromatic nitrogens is 1. The van der Waals surface area contributed by atoms with E-state index in [1.54, 1.807) is 0 Å². The van der Waals surface area contributed by atoms with Crippen LogP contribution in [0.25, 0.3) is 6.08 Å². The third-order valence-electron chi connectivity index (χ3n) is 4.40. The summed E-state index contributed by atoms with van der Waals surface area (Å²) >= 11 is 0. The largest absolute Gasteiger partial charge is 0.389 e. The van der Waals surface area contributed by atoms with Gasteiger partial charge in [0.05, 0.1) is 6.10 Å². The zero-order valence-corrected chi connectivity index (χ0v) is 14.0. The molecule has 24 heavy (non-hydrogen) atoms. The number of hydrogen-bond acceptors (Lipinski definition) is 4. The number of rotatable bonds is 6. The van der Waals surface area contributed by atoms with Crippen molar-refractivity contribution in [1.82, 2.24) is 9.88 Å². The van der Waals surface area contributed by atoms with Gasteiger partial charge in [-0.1, -0.05) is 48.6 Å². The topological polar surface area (TPSA) is 39.6 Å². The highest BCUT2D eigenvalue weighted by atomic mass is 16.3. The van der Waals surface area contributed by atoms with Crippen molar-refractivity contribution in [1.29, 1.82) is 0 Å². The lowest BCUT2D eigenvalue weighted by Gasteiger charge is -2.35. The number of hydrogen-bond donors (Lipinski definition) is 1. The van der Waals surface area contributed by atoms with E-state index in [1.165, 1.54) is 0 Å². The van der Waals surface area contributed by atoms with Gasteiger partial charge in [0.1, 0.15) is 5.82 Å². The summed E-state index contributed by atoms with van der Waals surface area (Å²) in [6.07, 6.45) is 6.10. The molecular weight excluding hydrogens is 298 g/mol. The summed E-state index contributed by atoms with van der Waals surface area (Å²) in [7, 11) is 0. The lowest BCUT2D eigenvalue weighted by molar-refractivity contribution is 0.173. The molecule has 1 aliphatic rings. The van der Waals surface area contributed by atoms with E-state index >= 15 is 0 Å². The van der Waals surface area contributed by atoms with E-state index in [4.69, 9.17) is 0 Å². The molecule has 2 aromatic rings. The Hall–Kier alpha value is -2.17. The van der Waals surface area contributed by atoms with E-state index in [2.05, 4.69) is 20.9 Å². The highest BCUT2D eigenvalue weighted by Gasteiger charge is 2.17. The average Bonchev–Trinajstić information content (AvgIpc) is 2.67. The Morgan fingerprint density at radius 2 is 1.75 bits per heavy atom. The lowest BCUT2D eigenvalue weighted by Crippen LogP contribution is -2.47. The van der Waals surface area contributed by atoms with Crippen LogP contribution in [-0.2, 0) is 0 Å². The first kappa shape index (κ1) is 16.7. The fraction of sp³-hybridized carbons (Fsp3) is 0.350. The van der Waals surface area contributed by atoms with Crippen LogP contribution < -0.4 is 4.90 Å². The molecule has 0 amide bonds. The van der Waals surface area contributed by atoms with Gasteiger partial charge >= 0.3 is 0 Å². The first-order valence-corrected chi connectivity index (χ1v) is 8.61. The number of nitrogens with zero attached hydrogens (tertiary/aromatic N) is 3. The zero-order valence-electron chi connectivity index (χ0n) is 14.0. The molecule has 0 spiro atoms. The number of benzene rings is 1. The zero-order chi connectivity index (χ0) is 16.6. The van der Waals surface area contributed by atoms with Crippen LogP contribution in [0.3, 0.4) is 0 Å². The van der Waals surface area contributed by atoms with Crippen molar-refractivity contribution in [3.05, 3.63) is 66.4 Å². The maximum atomic E-state index is 10.1. The maximum Gasteiger partial charge on any atom is 0.128 e. The SMILES string of the molecule is OC(/C=C/c1ccccc1)CCN1CCN(c2ccccn2)CC1. The van der Waals surface area contributed by atoms with Crippen molar-refractivity contribution in [2.45, 2.75) is 12.5 Å². The lowest BCUT2D eigenvalue weighted by atomic mass is 10.1. The van der Waals surface area contributed by atoms with Gasteiger partial charge in [-0.3, -0.25) is 4.90 Å². The molecule has 3 rings (SSSR count). The van der Waals surface area contributed by atoms with E-state index in [0.717, 1.165) is 50.5 Å². The van der Waals surface area contributed by atoms with Gasteiger partial charge in [-0.25, -0.2) is 4.98 Å². The summed E-state index contributed by atoms with van der Waals surface area (Å²) in [6.45, 7) is 4.95. The van der Waals surface area contributed by atoms with E-state index in [1.807, 2.05) is 60.8 Å². The number of pyridine rings is 1. The quantitative estimate of drug-likeness (QED) is 0.887. The first-order chi connectivity index (χ1) is 11.8. The maximum absolute atomic E-state index is 10.1. The predicted octanol–water partition coefficient (Wildman–Crippen LogP) is 2.67. The van der Waals surface area contributed by atoms with Crippen LogP contribution in [0.15, 0.2) is 60.8 Å². The second-order valence-corrected chi connectivity index (χ2v) is 6.14. The standard InChI is InChI=1S/C20H25N3O/c24-19(10-9-18-6-2-1-3-7-18)11-13-22-14-16-23(17-15-22)20-8-4-5-12-21-20/h1-10,12,19,24H,11,13-17H2/b10-9+. The summed E-state index contributed by atoms with van der Waals surface area (Å²) < 4.78 is 0. The number of aliphatic hydroxyl groups excluding tert-OH is 1. The molecule has 0 radical (unpaired) electrons. The molecule has 126 valence electrons. The van der Waals surface area contributed by atoms with Gasteiger partial charge in [0.25, 0.3) is 0 Å². The smallest absolute Gasteiger partial charge is 0.128 e. The molecule has 1 N–H and O–H groups in total. The second kappa shape index (κ2) is 8.62. The normalized spacial score (nSPS) is 17.3. The highest BCUT2D eigenvalue weighted by Crippen LogP contribution is 2.13. The Morgan fingerprint density at radius 1 is 1.00 bits per heavy atom. The molecule has 0 bridgehead atoms. The molecular formula is C20H25N3O. The summed E-state index contributed by atoms with van der Waals surface area (Å²) in [5.41, 5.74) is 1.13.